The minimum Gasteiger partial charge on any atom is -0.504 e. The van der Waals surface area contributed by atoms with Gasteiger partial charge in [0, 0.05) is 94.0 Å². The molecule has 6 amide bonds. The minimum absolute atomic E-state index is 0. The van der Waals surface area contributed by atoms with Crippen molar-refractivity contribution in [2.45, 2.75) is 163 Å². The fourth-order valence-corrected chi connectivity index (χ4v) is 13.9. The number of rotatable bonds is 19. The van der Waals surface area contributed by atoms with Gasteiger partial charge in [0.05, 0.1) is 69.0 Å². The number of phenolic OH excluding ortho intramolecular Hbond substituents is 1. The van der Waals surface area contributed by atoms with Gasteiger partial charge in [-0.25, -0.2) is 0 Å². The zero-order chi connectivity index (χ0) is 66.6. The molecule has 5 aliphatic rings. The number of phenols is 1. The minimum atomic E-state index is -2.04. The fourth-order valence-electron chi connectivity index (χ4n) is 13.0. The van der Waals surface area contributed by atoms with E-state index in [0.29, 0.717) is 16.6 Å². The maximum absolute atomic E-state index is 15.0. The number of aliphatic hydroxyl groups excluding tert-OH is 8. The summed E-state index contributed by atoms with van der Waals surface area (Å²) in [5, 5.41) is 125. The third-order valence-corrected chi connectivity index (χ3v) is 19.5. The fraction of sp³-hybridized carbons (Fsp3) is 0.594. The molecule has 32 heteroatoms. The third-order valence-electron chi connectivity index (χ3n) is 18.5. The Kier molecular flexibility index (Phi) is 30.1. The number of carbonyl (C=O) groups excluding carboxylic acids is 6. The largest absolute Gasteiger partial charge is 0.504 e. The van der Waals surface area contributed by atoms with Crippen LogP contribution in [0.4, 0.5) is 5.69 Å². The lowest BCUT2D eigenvalue weighted by Gasteiger charge is -2.41. The SMILES string of the molecule is COc1cc(C[C@@H](O)[C@@H]2NC(=O)[C@@H]3C[C@@H](O)CN3C(=O)[C@H]([C@@H](C)O)NC(=O)[C@@H](NCc3ccc(-c4nnc(-c5ccc(N6CCN(C7CCCCC7)CC6)cc5)s4)cc3)C[C@@H](O)CNC(=O)[C@@H]3[C@@H](O)[C@@H](C)CN3C(=O)[C@H]([C@H](O)CCNC(CO)CO)NC2=O)ccc1O.Cl.Cl.Cl. The number of fused-ring (bicyclic) bond motifs is 2. The molecule has 15 N–H and O–H groups in total. The van der Waals surface area contributed by atoms with Gasteiger partial charge in [-0.3, -0.25) is 33.7 Å². The van der Waals surface area contributed by atoms with Crippen molar-refractivity contribution in [3.8, 4) is 32.6 Å². The van der Waals surface area contributed by atoms with Crippen LogP contribution in [0.3, 0.4) is 0 Å². The van der Waals surface area contributed by atoms with Gasteiger partial charge in [-0.1, -0.05) is 67.9 Å². The Labute approximate surface area is 580 Å². The molecule has 1 saturated carbocycles. The van der Waals surface area contributed by atoms with Crippen molar-refractivity contribution in [2.24, 2.45) is 5.92 Å². The maximum Gasteiger partial charge on any atom is 0.248 e. The molecule has 9 rings (SSSR count). The lowest BCUT2D eigenvalue weighted by Crippen LogP contribution is -2.64. The highest BCUT2D eigenvalue weighted by Gasteiger charge is 2.50. The van der Waals surface area contributed by atoms with Gasteiger partial charge in [0.25, 0.3) is 0 Å². The van der Waals surface area contributed by atoms with E-state index in [1.165, 1.54) is 81.4 Å². The number of halogens is 3. The molecule has 1 aromatic heterocycles. The first kappa shape index (κ1) is 78.9. The van der Waals surface area contributed by atoms with Gasteiger partial charge in [0.15, 0.2) is 11.5 Å². The summed E-state index contributed by atoms with van der Waals surface area (Å²) in [6, 6.07) is 9.12. The number of hydrogen-bond acceptors (Lipinski definition) is 23. The van der Waals surface area contributed by atoms with E-state index >= 15 is 0 Å². The first-order valence-electron chi connectivity index (χ1n) is 32.1. The number of aliphatic hydroxyl groups is 8. The monoisotopic (exact) mass is 1420 g/mol. The second-order valence-corrected chi connectivity index (χ2v) is 26.2. The van der Waals surface area contributed by atoms with E-state index in [0.717, 1.165) is 52.1 Å². The number of aromatic hydroxyl groups is 1. The number of anilines is 1. The van der Waals surface area contributed by atoms with Gasteiger partial charge >= 0.3 is 0 Å². The van der Waals surface area contributed by atoms with Gasteiger partial charge in [0.1, 0.15) is 40.2 Å². The van der Waals surface area contributed by atoms with Crippen molar-refractivity contribution >= 4 is 89.7 Å². The summed E-state index contributed by atoms with van der Waals surface area (Å²) in [5.41, 5.74) is 3.83. The molecular formula is C64H93Cl3N12O16S. The number of piperazine rings is 1. The van der Waals surface area contributed by atoms with Crippen LogP contribution in [0.5, 0.6) is 11.5 Å². The molecule has 0 bridgehead atoms. The zero-order valence-electron chi connectivity index (χ0n) is 53.9. The Morgan fingerprint density at radius 3 is 1.92 bits per heavy atom. The van der Waals surface area contributed by atoms with Crippen LogP contribution < -0.4 is 41.5 Å². The Morgan fingerprint density at radius 1 is 0.688 bits per heavy atom. The summed E-state index contributed by atoms with van der Waals surface area (Å²) < 4.78 is 5.23. The molecule has 4 saturated heterocycles. The number of benzene rings is 3. The number of hydrogen-bond donors (Lipinski definition) is 15. The number of β-amino-alcohol motifs (C(OH)–C–C–N with tert-alkyl or cyclic N) is 1. The van der Waals surface area contributed by atoms with Crippen LogP contribution >= 0.6 is 48.6 Å². The van der Waals surface area contributed by atoms with Crippen molar-refractivity contribution in [1.29, 1.82) is 0 Å². The van der Waals surface area contributed by atoms with Crippen LogP contribution in [-0.2, 0) is 41.7 Å². The van der Waals surface area contributed by atoms with Crippen molar-refractivity contribution in [2.75, 3.05) is 77.6 Å². The van der Waals surface area contributed by atoms with Crippen LogP contribution in [-0.4, -0.2) is 264 Å². The Bertz CT molecular complexity index is 3190. The number of carbonyl (C=O) groups is 6. The zero-order valence-corrected chi connectivity index (χ0v) is 57.1. The van der Waals surface area contributed by atoms with Crippen molar-refractivity contribution < 1.29 is 79.5 Å². The summed E-state index contributed by atoms with van der Waals surface area (Å²) >= 11 is 1.43. The van der Waals surface area contributed by atoms with E-state index < -0.39 is 166 Å². The second-order valence-electron chi connectivity index (χ2n) is 25.2. The molecule has 0 spiro atoms. The maximum atomic E-state index is 15.0. The first-order chi connectivity index (χ1) is 44.6. The lowest BCUT2D eigenvalue weighted by atomic mass is 9.94. The van der Waals surface area contributed by atoms with Crippen molar-refractivity contribution in [1.82, 2.24) is 56.8 Å². The average Bonchev–Trinajstić information content (AvgIpc) is 1.69. The molecule has 4 aliphatic heterocycles. The average molecular weight is 1420 g/mol. The van der Waals surface area contributed by atoms with E-state index in [1.54, 1.807) is 6.92 Å². The number of amides is 6. The predicted octanol–water partition coefficient (Wildman–Crippen LogP) is -1.05. The van der Waals surface area contributed by atoms with Gasteiger partial charge in [-0.15, -0.1) is 47.4 Å². The van der Waals surface area contributed by atoms with Crippen molar-refractivity contribution in [3.05, 3.63) is 77.9 Å². The predicted molar refractivity (Wildman–Crippen MR) is 363 cm³/mol. The Morgan fingerprint density at radius 2 is 1.29 bits per heavy atom. The summed E-state index contributed by atoms with van der Waals surface area (Å²) in [5.74, 6) is -7.40. The van der Waals surface area contributed by atoms with Crippen LogP contribution in [0.15, 0.2) is 66.7 Å². The highest BCUT2D eigenvalue weighted by Crippen LogP contribution is 2.34. The van der Waals surface area contributed by atoms with Gasteiger partial charge in [-0.05, 0) is 86.7 Å². The molecule has 96 heavy (non-hydrogen) atoms. The number of nitrogens with zero attached hydrogens (tertiary/aromatic N) is 6. The van der Waals surface area contributed by atoms with E-state index in [2.05, 4.69) is 76.2 Å². The standard InChI is InChI=1S/C64H90N12O16S.3ClH/c1-35-31-76-55(56(35)85)60(89)67-30-44(80)27-46(66-29-37-9-12-39(13-10-37)61-71-72-62(93-61)40-14-16-43(17-15-40)74-23-21-73(22-24-74)42-7-5-4-6-8-42)57(86)68-52(36(2)79)63(90)75-32-45(81)28-47(75)58(87)69-53(50(84)25-38-11-18-48(82)51(26-38)92-3)59(88)70-54(64(76)91)49(83)19-20-65-41(33-77)34-78;;;/h9-18,26,35-36,41-42,44-47,49-50,52-56,65-66,77-85H,4-8,19-25,27-34H2,1-3H3,(H,67,89)(H,68,86)(H,69,87)(H,70,88);3*1H/t35-,36+,44+,45+,46-,47-,49+,50+,52-,53-,54-,55-,56-;;;/m0.../s1. The molecule has 3 aromatic carbocycles. The van der Waals surface area contributed by atoms with E-state index in [4.69, 9.17) is 4.74 Å². The van der Waals surface area contributed by atoms with Gasteiger partial charge < -0.3 is 97.3 Å². The number of ether oxygens (including phenoxy) is 1. The van der Waals surface area contributed by atoms with Crippen LogP contribution in [0, 0.1) is 5.92 Å². The summed E-state index contributed by atoms with van der Waals surface area (Å²) in [6.45, 7) is 4.36. The highest BCUT2D eigenvalue weighted by atomic mass is 35.5. The first-order valence-corrected chi connectivity index (χ1v) is 32.9. The molecule has 5 heterocycles. The molecule has 0 unspecified atom stereocenters. The molecule has 0 radical (unpaired) electrons. The molecule has 532 valence electrons. The molecule has 5 fully saturated rings. The molecule has 1 aliphatic carbocycles. The molecule has 28 nitrogen and oxygen atoms in total. The molecule has 4 aromatic rings. The lowest BCUT2D eigenvalue weighted by molar-refractivity contribution is -0.147. The van der Waals surface area contributed by atoms with Crippen LogP contribution in [0.25, 0.3) is 21.1 Å². The smallest absolute Gasteiger partial charge is 0.248 e. The van der Waals surface area contributed by atoms with E-state index in [9.17, 15) is 74.7 Å². The normalized spacial score (nSPS) is 26.3. The summed E-state index contributed by atoms with van der Waals surface area (Å²) in [6.07, 6.45) is -4.84. The quantitative estimate of drug-likeness (QED) is 0.0532. The number of aromatic nitrogens is 2. The van der Waals surface area contributed by atoms with Crippen molar-refractivity contribution in [3.63, 3.8) is 0 Å². The number of nitrogens with one attached hydrogen (secondary N) is 6. The Hall–Kier alpha value is -6.13. The van der Waals surface area contributed by atoms with Gasteiger partial charge in [-0.2, -0.15) is 0 Å². The third kappa shape index (κ3) is 19.6. The summed E-state index contributed by atoms with van der Waals surface area (Å²) in [7, 11) is 1.28. The summed E-state index contributed by atoms with van der Waals surface area (Å²) in [4.78, 5) is 95.0. The second kappa shape index (κ2) is 36.6. The van der Waals surface area contributed by atoms with Crippen LogP contribution in [0.1, 0.15) is 76.3 Å². The molecule has 13 atom stereocenters. The van der Waals surface area contributed by atoms with Crippen LogP contribution in [0.2, 0.25) is 0 Å². The van der Waals surface area contributed by atoms with E-state index in [1.807, 2.05) is 24.3 Å². The molecular weight excluding hydrogens is 1330 g/mol. The van der Waals surface area contributed by atoms with Gasteiger partial charge in [0.2, 0.25) is 35.4 Å². The number of methoxy groups -OCH3 is 1. The topological polar surface area (TPSA) is 405 Å². The van der Waals surface area contributed by atoms with E-state index in [-0.39, 0.29) is 80.3 Å². The Balaban J connectivity index is 0.00000486. The highest BCUT2D eigenvalue weighted by molar-refractivity contribution is 7.17.